The molecule has 0 spiro atoms. The smallest absolute Gasteiger partial charge is 0.255 e. The predicted octanol–water partition coefficient (Wildman–Crippen LogP) is 3.86. The summed E-state index contributed by atoms with van der Waals surface area (Å²) >= 11 is 3.32. The van der Waals surface area contributed by atoms with Crippen LogP contribution in [0.25, 0.3) is 0 Å². The standard InChI is InChI=1S/C22H19BrN4O3/c23-17-6-4-15(5-7-17)21(29)25-13-10-20(28)26-18-2-1-3-19(14-18)27-22(30)16-8-11-24-12-9-16/h1-9,11-12,14H,10,13H2,(H,25,29)(H,26,28)(H,27,30). The maximum atomic E-state index is 12.2. The van der Waals surface area contributed by atoms with Gasteiger partial charge in [-0.2, -0.15) is 0 Å². The molecule has 7 nitrogen and oxygen atoms in total. The third kappa shape index (κ3) is 6.25. The van der Waals surface area contributed by atoms with Crippen LogP contribution in [0.3, 0.4) is 0 Å². The van der Waals surface area contributed by atoms with Crippen LogP contribution in [0.1, 0.15) is 27.1 Å². The average molecular weight is 467 g/mol. The van der Waals surface area contributed by atoms with Crippen LogP contribution < -0.4 is 16.0 Å². The first kappa shape index (κ1) is 21.2. The molecule has 0 radical (unpaired) electrons. The molecule has 3 N–H and O–H groups in total. The lowest BCUT2D eigenvalue weighted by atomic mass is 10.2. The molecule has 0 aliphatic heterocycles. The molecule has 0 aliphatic carbocycles. The van der Waals surface area contributed by atoms with E-state index in [1.165, 1.54) is 0 Å². The van der Waals surface area contributed by atoms with E-state index >= 15 is 0 Å². The summed E-state index contributed by atoms with van der Waals surface area (Å²) in [5, 5.41) is 8.25. The van der Waals surface area contributed by atoms with Crippen molar-refractivity contribution in [2.24, 2.45) is 0 Å². The highest BCUT2D eigenvalue weighted by Gasteiger charge is 2.09. The highest BCUT2D eigenvalue weighted by atomic mass is 79.9. The third-order valence-electron chi connectivity index (χ3n) is 4.09. The Balaban J connectivity index is 1.48. The summed E-state index contributed by atoms with van der Waals surface area (Å²) in [5.74, 6) is -0.753. The quantitative estimate of drug-likeness (QED) is 0.492. The second-order valence-electron chi connectivity index (χ2n) is 6.33. The van der Waals surface area contributed by atoms with Crippen LogP contribution in [-0.4, -0.2) is 29.3 Å². The van der Waals surface area contributed by atoms with E-state index in [9.17, 15) is 14.4 Å². The third-order valence-corrected chi connectivity index (χ3v) is 4.62. The molecule has 2 aromatic carbocycles. The molecular weight excluding hydrogens is 448 g/mol. The normalized spacial score (nSPS) is 10.2. The molecular formula is C22H19BrN4O3. The number of carbonyl (C=O) groups is 3. The van der Waals surface area contributed by atoms with Crippen molar-refractivity contribution in [3.05, 3.63) is 88.7 Å². The number of hydrogen-bond donors (Lipinski definition) is 3. The van der Waals surface area contributed by atoms with Crippen LogP contribution in [0, 0.1) is 0 Å². The summed E-state index contributed by atoms with van der Waals surface area (Å²) in [5.41, 5.74) is 2.11. The van der Waals surface area contributed by atoms with Crippen molar-refractivity contribution in [3.8, 4) is 0 Å². The molecule has 0 atom stereocenters. The molecule has 3 amide bonds. The van der Waals surface area contributed by atoms with Gasteiger partial charge in [-0.15, -0.1) is 0 Å². The van der Waals surface area contributed by atoms with Crippen LogP contribution in [0.2, 0.25) is 0 Å². The van der Waals surface area contributed by atoms with E-state index in [0.29, 0.717) is 22.5 Å². The Bertz CT molecular complexity index is 1040. The van der Waals surface area contributed by atoms with Gasteiger partial charge >= 0.3 is 0 Å². The minimum atomic E-state index is -0.267. The van der Waals surface area contributed by atoms with Gasteiger partial charge in [0.2, 0.25) is 5.91 Å². The zero-order valence-corrected chi connectivity index (χ0v) is 17.5. The van der Waals surface area contributed by atoms with Crippen LogP contribution in [0.5, 0.6) is 0 Å². The van der Waals surface area contributed by atoms with Gasteiger partial charge in [-0.05, 0) is 54.6 Å². The van der Waals surface area contributed by atoms with Gasteiger partial charge in [-0.3, -0.25) is 19.4 Å². The van der Waals surface area contributed by atoms with E-state index in [-0.39, 0.29) is 30.7 Å². The maximum Gasteiger partial charge on any atom is 0.255 e. The van der Waals surface area contributed by atoms with E-state index in [2.05, 4.69) is 36.9 Å². The number of anilines is 2. The van der Waals surface area contributed by atoms with Crippen LogP contribution >= 0.6 is 15.9 Å². The summed E-state index contributed by atoms with van der Waals surface area (Å²) < 4.78 is 0.887. The molecule has 152 valence electrons. The number of amides is 3. The number of pyridine rings is 1. The first-order valence-corrected chi connectivity index (χ1v) is 9.95. The Morgan fingerprint density at radius 2 is 1.43 bits per heavy atom. The summed E-state index contributed by atoms with van der Waals surface area (Å²) in [6.07, 6.45) is 3.21. The molecule has 0 fully saturated rings. The van der Waals surface area contributed by atoms with Crippen molar-refractivity contribution < 1.29 is 14.4 Å². The average Bonchev–Trinajstić information content (AvgIpc) is 2.75. The van der Waals surface area contributed by atoms with Gasteiger partial charge in [0, 0.05) is 52.3 Å². The van der Waals surface area contributed by atoms with Gasteiger partial charge in [-0.25, -0.2) is 0 Å². The van der Waals surface area contributed by atoms with Crippen LogP contribution in [0.15, 0.2) is 77.5 Å². The lowest BCUT2D eigenvalue weighted by Gasteiger charge is -2.09. The zero-order chi connectivity index (χ0) is 21.3. The monoisotopic (exact) mass is 466 g/mol. The lowest BCUT2D eigenvalue weighted by Crippen LogP contribution is -2.27. The molecule has 0 unspecified atom stereocenters. The second kappa shape index (κ2) is 10.3. The number of carbonyl (C=O) groups excluding carboxylic acids is 3. The molecule has 1 heterocycles. The largest absolute Gasteiger partial charge is 0.352 e. The summed E-state index contributed by atoms with van der Waals surface area (Å²) in [6.45, 7) is 0.208. The molecule has 3 rings (SSSR count). The molecule has 0 aliphatic rings. The zero-order valence-electron chi connectivity index (χ0n) is 15.9. The summed E-state index contributed by atoms with van der Waals surface area (Å²) in [6, 6.07) is 17.0. The molecule has 0 saturated heterocycles. The molecule has 0 saturated carbocycles. The maximum absolute atomic E-state index is 12.2. The first-order valence-electron chi connectivity index (χ1n) is 9.16. The van der Waals surface area contributed by atoms with E-state index in [1.54, 1.807) is 73.1 Å². The molecule has 8 heteroatoms. The number of aromatic nitrogens is 1. The van der Waals surface area contributed by atoms with Gasteiger partial charge < -0.3 is 16.0 Å². The Hall–Kier alpha value is -3.52. The Morgan fingerprint density at radius 1 is 0.800 bits per heavy atom. The number of rotatable bonds is 7. The number of nitrogens with one attached hydrogen (secondary N) is 3. The summed E-state index contributed by atoms with van der Waals surface area (Å²) in [4.78, 5) is 40.3. The Labute approximate surface area is 182 Å². The fraction of sp³-hybridized carbons (Fsp3) is 0.0909. The number of benzene rings is 2. The van der Waals surface area contributed by atoms with Gasteiger partial charge in [0.1, 0.15) is 0 Å². The number of nitrogens with zero attached hydrogens (tertiary/aromatic N) is 1. The van der Waals surface area contributed by atoms with Crippen molar-refractivity contribution >= 4 is 45.0 Å². The van der Waals surface area contributed by atoms with E-state index in [0.717, 1.165) is 4.47 Å². The minimum absolute atomic E-state index is 0.121. The fourth-order valence-corrected chi connectivity index (χ4v) is 2.86. The van der Waals surface area contributed by atoms with Crippen LogP contribution in [-0.2, 0) is 4.79 Å². The van der Waals surface area contributed by atoms with Crippen molar-refractivity contribution in [1.82, 2.24) is 10.3 Å². The van der Waals surface area contributed by atoms with Crippen molar-refractivity contribution in [1.29, 1.82) is 0 Å². The van der Waals surface area contributed by atoms with E-state index in [1.807, 2.05) is 0 Å². The van der Waals surface area contributed by atoms with Crippen molar-refractivity contribution in [2.45, 2.75) is 6.42 Å². The SMILES string of the molecule is O=C(CCNC(=O)c1ccc(Br)cc1)Nc1cccc(NC(=O)c2ccncc2)c1. The molecule has 0 bridgehead atoms. The predicted molar refractivity (Wildman–Crippen MR) is 118 cm³/mol. The van der Waals surface area contributed by atoms with Gasteiger partial charge in [0.05, 0.1) is 0 Å². The second-order valence-corrected chi connectivity index (χ2v) is 7.25. The van der Waals surface area contributed by atoms with Crippen molar-refractivity contribution in [2.75, 3.05) is 17.2 Å². The number of hydrogen-bond acceptors (Lipinski definition) is 4. The molecule has 1 aromatic heterocycles. The molecule has 3 aromatic rings. The van der Waals surface area contributed by atoms with Gasteiger partial charge in [0.15, 0.2) is 0 Å². The Kier molecular flexibility index (Phi) is 7.29. The van der Waals surface area contributed by atoms with Crippen LogP contribution in [0.4, 0.5) is 11.4 Å². The van der Waals surface area contributed by atoms with Crippen molar-refractivity contribution in [3.63, 3.8) is 0 Å². The van der Waals surface area contributed by atoms with E-state index < -0.39 is 0 Å². The molecule has 30 heavy (non-hydrogen) atoms. The highest BCUT2D eigenvalue weighted by Crippen LogP contribution is 2.16. The van der Waals surface area contributed by atoms with Gasteiger partial charge in [-0.1, -0.05) is 22.0 Å². The first-order chi connectivity index (χ1) is 14.5. The highest BCUT2D eigenvalue weighted by molar-refractivity contribution is 9.10. The minimum Gasteiger partial charge on any atom is -0.352 e. The lowest BCUT2D eigenvalue weighted by molar-refractivity contribution is -0.116. The Morgan fingerprint density at radius 3 is 2.13 bits per heavy atom. The summed E-state index contributed by atoms with van der Waals surface area (Å²) in [7, 11) is 0. The topological polar surface area (TPSA) is 100 Å². The van der Waals surface area contributed by atoms with E-state index in [4.69, 9.17) is 0 Å². The number of halogens is 1. The van der Waals surface area contributed by atoms with Gasteiger partial charge in [0.25, 0.3) is 11.8 Å². The fourth-order valence-electron chi connectivity index (χ4n) is 2.60.